The van der Waals surface area contributed by atoms with Gasteiger partial charge in [0.2, 0.25) is 0 Å². The van der Waals surface area contributed by atoms with Crippen molar-refractivity contribution in [2.45, 2.75) is 27.7 Å². The molecular weight excluding hydrogens is 144 g/mol. The minimum Gasteiger partial charge on any atom is -0.250 e. The van der Waals surface area contributed by atoms with Gasteiger partial charge in [-0.3, -0.25) is 0 Å². The van der Waals surface area contributed by atoms with E-state index in [1.165, 1.54) is 11.1 Å². The summed E-state index contributed by atoms with van der Waals surface area (Å²) in [6.07, 6.45) is 0. The van der Waals surface area contributed by atoms with Gasteiger partial charge in [-0.05, 0) is 38.8 Å². The molecule has 0 saturated carbocycles. The highest BCUT2D eigenvalue weighted by Crippen LogP contribution is 2.31. The van der Waals surface area contributed by atoms with Gasteiger partial charge in [-0.15, -0.1) is 0 Å². The molecule has 1 aliphatic rings. The SMILES string of the molecule is CC1=C(C)S(=O)C(C)=C1C. The Labute approximate surface area is 64.3 Å². The van der Waals surface area contributed by atoms with Gasteiger partial charge in [-0.1, -0.05) is 0 Å². The third-order valence-corrected chi connectivity index (χ3v) is 3.90. The molecule has 1 rings (SSSR count). The van der Waals surface area contributed by atoms with E-state index in [2.05, 4.69) is 0 Å². The van der Waals surface area contributed by atoms with Crippen LogP contribution in [0.2, 0.25) is 0 Å². The summed E-state index contributed by atoms with van der Waals surface area (Å²) in [5.41, 5.74) is 2.41. The average Bonchev–Trinajstić information content (AvgIpc) is 2.07. The Kier molecular flexibility index (Phi) is 1.82. The van der Waals surface area contributed by atoms with E-state index in [0.717, 1.165) is 9.81 Å². The summed E-state index contributed by atoms with van der Waals surface area (Å²) in [6.45, 7) is 7.93. The predicted molar refractivity (Wildman–Crippen MR) is 44.9 cm³/mol. The van der Waals surface area contributed by atoms with Crippen molar-refractivity contribution in [1.29, 1.82) is 0 Å². The Morgan fingerprint density at radius 1 is 0.900 bits per heavy atom. The molecule has 0 aliphatic carbocycles. The van der Waals surface area contributed by atoms with Crippen molar-refractivity contribution in [3.8, 4) is 0 Å². The fourth-order valence-electron chi connectivity index (χ4n) is 1.04. The third-order valence-electron chi connectivity index (χ3n) is 2.17. The van der Waals surface area contributed by atoms with Gasteiger partial charge in [0.1, 0.15) is 0 Å². The fourth-order valence-corrected chi connectivity index (χ4v) is 2.36. The van der Waals surface area contributed by atoms with Crippen LogP contribution in [0.1, 0.15) is 27.7 Å². The van der Waals surface area contributed by atoms with Crippen LogP contribution in [-0.4, -0.2) is 4.21 Å². The molecule has 0 aromatic rings. The van der Waals surface area contributed by atoms with Gasteiger partial charge < -0.3 is 0 Å². The molecule has 56 valence electrons. The summed E-state index contributed by atoms with van der Waals surface area (Å²) in [6, 6.07) is 0. The Morgan fingerprint density at radius 3 is 1.30 bits per heavy atom. The van der Waals surface area contributed by atoms with Gasteiger partial charge in [0.15, 0.2) is 0 Å². The highest BCUT2D eigenvalue weighted by atomic mass is 32.2. The predicted octanol–water partition coefficient (Wildman–Crippen LogP) is 2.34. The minimum absolute atomic E-state index is 0.813. The fraction of sp³-hybridized carbons (Fsp3) is 0.500. The number of allylic oxidation sites excluding steroid dienone is 4. The molecule has 0 amide bonds. The van der Waals surface area contributed by atoms with Gasteiger partial charge >= 0.3 is 0 Å². The summed E-state index contributed by atoms with van der Waals surface area (Å²) in [5.74, 6) is 0. The molecule has 0 radical (unpaired) electrons. The quantitative estimate of drug-likeness (QED) is 0.526. The molecule has 1 heterocycles. The maximum absolute atomic E-state index is 11.3. The van der Waals surface area contributed by atoms with Crippen LogP contribution >= 0.6 is 0 Å². The summed E-state index contributed by atoms with van der Waals surface area (Å²) in [5, 5.41) is 0. The topological polar surface area (TPSA) is 17.1 Å². The van der Waals surface area contributed by atoms with Crippen molar-refractivity contribution < 1.29 is 4.21 Å². The van der Waals surface area contributed by atoms with Crippen LogP contribution in [0.25, 0.3) is 0 Å². The first kappa shape index (κ1) is 7.73. The number of rotatable bonds is 0. The lowest BCUT2D eigenvalue weighted by Gasteiger charge is -1.92. The highest BCUT2D eigenvalue weighted by molar-refractivity contribution is 7.93. The second-order valence-electron chi connectivity index (χ2n) is 2.63. The summed E-state index contributed by atoms with van der Waals surface area (Å²) in [7, 11) is -0.813. The molecule has 0 aromatic heterocycles. The Hall–Kier alpha value is -0.370. The van der Waals surface area contributed by atoms with Gasteiger partial charge in [-0.25, -0.2) is 4.21 Å². The van der Waals surface area contributed by atoms with Crippen LogP contribution in [0.3, 0.4) is 0 Å². The second-order valence-corrected chi connectivity index (χ2v) is 4.39. The molecule has 2 heteroatoms. The molecule has 0 unspecified atom stereocenters. The lowest BCUT2D eigenvalue weighted by atomic mass is 10.1. The molecule has 0 saturated heterocycles. The zero-order valence-electron chi connectivity index (χ0n) is 6.82. The molecule has 0 atom stereocenters. The van der Waals surface area contributed by atoms with Gasteiger partial charge in [0.05, 0.1) is 10.8 Å². The maximum Gasteiger partial charge on any atom is 0.0766 e. The zero-order valence-corrected chi connectivity index (χ0v) is 7.63. The summed E-state index contributed by atoms with van der Waals surface area (Å²) >= 11 is 0. The molecule has 0 N–H and O–H groups in total. The zero-order chi connectivity index (χ0) is 7.89. The number of hydrogen-bond donors (Lipinski definition) is 0. The molecule has 10 heavy (non-hydrogen) atoms. The van der Waals surface area contributed by atoms with Crippen molar-refractivity contribution in [1.82, 2.24) is 0 Å². The minimum atomic E-state index is -0.813. The van der Waals surface area contributed by atoms with Gasteiger partial charge in [-0.2, -0.15) is 0 Å². The van der Waals surface area contributed by atoms with E-state index in [9.17, 15) is 4.21 Å². The normalized spacial score (nSPS) is 21.2. The van der Waals surface area contributed by atoms with Crippen LogP contribution < -0.4 is 0 Å². The second kappa shape index (κ2) is 2.35. The van der Waals surface area contributed by atoms with E-state index in [4.69, 9.17) is 0 Å². The van der Waals surface area contributed by atoms with Gasteiger partial charge in [0, 0.05) is 9.81 Å². The van der Waals surface area contributed by atoms with Crippen LogP contribution in [0.5, 0.6) is 0 Å². The lowest BCUT2D eigenvalue weighted by Crippen LogP contribution is -1.85. The van der Waals surface area contributed by atoms with E-state index in [1.807, 2.05) is 27.7 Å². The van der Waals surface area contributed by atoms with E-state index < -0.39 is 10.8 Å². The molecule has 0 spiro atoms. The molecule has 1 nitrogen and oxygen atoms in total. The number of hydrogen-bond acceptors (Lipinski definition) is 1. The van der Waals surface area contributed by atoms with Crippen molar-refractivity contribution in [3.63, 3.8) is 0 Å². The monoisotopic (exact) mass is 156 g/mol. The van der Waals surface area contributed by atoms with E-state index in [0.29, 0.717) is 0 Å². The van der Waals surface area contributed by atoms with Crippen molar-refractivity contribution >= 4 is 10.8 Å². The van der Waals surface area contributed by atoms with Crippen molar-refractivity contribution in [2.75, 3.05) is 0 Å². The van der Waals surface area contributed by atoms with Crippen molar-refractivity contribution in [3.05, 3.63) is 21.0 Å². The van der Waals surface area contributed by atoms with E-state index in [1.54, 1.807) is 0 Å². The molecule has 0 bridgehead atoms. The lowest BCUT2D eigenvalue weighted by molar-refractivity contribution is 0.690. The molecule has 0 fully saturated rings. The highest BCUT2D eigenvalue weighted by Gasteiger charge is 2.19. The van der Waals surface area contributed by atoms with Gasteiger partial charge in [0.25, 0.3) is 0 Å². The van der Waals surface area contributed by atoms with Crippen molar-refractivity contribution in [2.24, 2.45) is 0 Å². The molecule has 0 aromatic carbocycles. The molecular formula is C8H12OS. The van der Waals surface area contributed by atoms with E-state index >= 15 is 0 Å². The first-order valence-electron chi connectivity index (χ1n) is 3.32. The first-order chi connectivity index (χ1) is 4.55. The van der Waals surface area contributed by atoms with E-state index in [-0.39, 0.29) is 0 Å². The third kappa shape index (κ3) is 0.870. The smallest absolute Gasteiger partial charge is 0.0766 e. The maximum atomic E-state index is 11.3. The summed E-state index contributed by atoms with van der Waals surface area (Å²) < 4.78 is 11.3. The standard InChI is InChI=1S/C8H12OS/c1-5-6(2)8(4)10(9)7(5)3/h1-4H3. The average molecular weight is 156 g/mol. The van der Waals surface area contributed by atoms with Crippen LogP contribution in [0.15, 0.2) is 21.0 Å². The summed E-state index contributed by atoms with van der Waals surface area (Å²) in [4.78, 5) is 2.05. The van der Waals surface area contributed by atoms with Crippen LogP contribution in [-0.2, 0) is 10.8 Å². The Morgan fingerprint density at radius 2 is 1.20 bits per heavy atom. The largest absolute Gasteiger partial charge is 0.250 e. The first-order valence-corrected chi connectivity index (χ1v) is 4.47. The molecule has 1 aliphatic heterocycles. The Balaban J connectivity index is 3.22. The van der Waals surface area contributed by atoms with Crippen LogP contribution in [0, 0.1) is 0 Å². The van der Waals surface area contributed by atoms with Crippen LogP contribution in [0.4, 0.5) is 0 Å². The Bertz CT molecular complexity index is 232.